The van der Waals surface area contributed by atoms with Crippen molar-refractivity contribution in [2.24, 2.45) is 5.92 Å². The molecule has 0 saturated carbocycles. The Morgan fingerprint density at radius 1 is 1.11 bits per heavy atom. The first-order valence-corrected chi connectivity index (χ1v) is 11.8. The number of rotatable bonds is 9. The van der Waals surface area contributed by atoms with Crippen LogP contribution >= 0.6 is 0 Å². The number of aliphatic hydroxyl groups is 1. The van der Waals surface area contributed by atoms with E-state index in [0.29, 0.717) is 23.0 Å². The van der Waals surface area contributed by atoms with E-state index in [1.165, 1.54) is 12.1 Å². The van der Waals surface area contributed by atoms with Gasteiger partial charge in [0.15, 0.2) is 0 Å². The highest BCUT2D eigenvalue weighted by molar-refractivity contribution is 6.00. The zero-order chi connectivity index (χ0) is 25.0. The van der Waals surface area contributed by atoms with Crippen molar-refractivity contribution < 1.29 is 27.8 Å². The molecular weight excluding hydrogens is 457 g/mol. The van der Waals surface area contributed by atoms with Crippen molar-refractivity contribution in [1.29, 1.82) is 0 Å². The van der Waals surface area contributed by atoms with Gasteiger partial charge in [-0.25, -0.2) is 0 Å². The van der Waals surface area contributed by atoms with E-state index >= 15 is 0 Å². The minimum atomic E-state index is -4.40. The van der Waals surface area contributed by atoms with E-state index in [1.54, 1.807) is 30.3 Å². The Labute approximate surface area is 202 Å². The van der Waals surface area contributed by atoms with E-state index in [9.17, 15) is 18.0 Å². The molecular formula is C27H29F3N2O3. The summed E-state index contributed by atoms with van der Waals surface area (Å²) < 4.78 is 44.2. The molecule has 3 aromatic carbocycles. The van der Waals surface area contributed by atoms with Crippen LogP contribution in [-0.2, 0) is 6.18 Å². The number of carbonyl (C=O) groups is 1. The summed E-state index contributed by atoms with van der Waals surface area (Å²) >= 11 is 0. The second kappa shape index (κ2) is 10.7. The minimum Gasteiger partial charge on any atom is -0.457 e. The van der Waals surface area contributed by atoms with Crippen molar-refractivity contribution in [3.63, 3.8) is 0 Å². The number of carbonyl (C=O) groups excluding carboxylic acids is 1. The SMILES string of the molecule is CC(NC(=O)c1ccc2c(Oc3ccc(C(F)(F)F)cc3)cccc2c1)C1CN(CCCCO)C1. The molecule has 35 heavy (non-hydrogen) atoms. The smallest absolute Gasteiger partial charge is 0.416 e. The lowest BCUT2D eigenvalue weighted by Gasteiger charge is -2.42. The van der Waals surface area contributed by atoms with E-state index in [4.69, 9.17) is 9.84 Å². The number of aliphatic hydroxyl groups excluding tert-OH is 1. The van der Waals surface area contributed by atoms with Gasteiger partial charge in [-0.15, -0.1) is 0 Å². The van der Waals surface area contributed by atoms with Gasteiger partial charge in [-0.2, -0.15) is 13.2 Å². The zero-order valence-electron chi connectivity index (χ0n) is 19.5. The summed E-state index contributed by atoms with van der Waals surface area (Å²) in [7, 11) is 0. The predicted octanol–water partition coefficient (Wildman–Crippen LogP) is 5.47. The molecule has 1 atom stereocenters. The lowest BCUT2D eigenvalue weighted by Crippen LogP contribution is -2.55. The molecule has 1 aliphatic rings. The van der Waals surface area contributed by atoms with Crippen molar-refractivity contribution in [2.75, 3.05) is 26.2 Å². The monoisotopic (exact) mass is 486 g/mol. The first kappa shape index (κ1) is 25.0. The fraction of sp³-hybridized carbons (Fsp3) is 0.370. The molecule has 2 N–H and O–H groups in total. The molecule has 0 radical (unpaired) electrons. The highest BCUT2D eigenvalue weighted by atomic mass is 19.4. The van der Waals surface area contributed by atoms with Crippen molar-refractivity contribution in [3.05, 3.63) is 71.8 Å². The Morgan fingerprint density at radius 3 is 2.54 bits per heavy atom. The number of benzene rings is 3. The first-order chi connectivity index (χ1) is 16.7. The van der Waals surface area contributed by atoms with Crippen LogP contribution in [0.1, 0.15) is 35.7 Å². The summed E-state index contributed by atoms with van der Waals surface area (Å²) in [5, 5.41) is 13.5. The highest BCUT2D eigenvalue weighted by Crippen LogP contribution is 2.34. The maximum absolute atomic E-state index is 12.8. The van der Waals surface area contributed by atoms with Crippen LogP contribution in [0.15, 0.2) is 60.7 Å². The zero-order valence-corrected chi connectivity index (χ0v) is 19.5. The number of ether oxygens (including phenoxy) is 1. The number of amides is 1. The summed E-state index contributed by atoms with van der Waals surface area (Å²) in [4.78, 5) is 15.2. The van der Waals surface area contributed by atoms with Gasteiger partial charge in [-0.1, -0.05) is 12.1 Å². The Bertz CT molecular complexity index is 1160. The van der Waals surface area contributed by atoms with Crippen LogP contribution in [-0.4, -0.2) is 48.2 Å². The van der Waals surface area contributed by atoms with E-state index < -0.39 is 11.7 Å². The van der Waals surface area contributed by atoms with Crippen LogP contribution in [0.4, 0.5) is 13.2 Å². The van der Waals surface area contributed by atoms with Gasteiger partial charge in [0.2, 0.25) is 0 Å². The Morgan fingerprint density at radius 2 is 1.86 bits per heavy atom. The summed E-state index contributed by atoms with van der Waals surface area (Å²) in [6, 6.07) is 15.3. The number of fused-ring (bicyclic) bond motifs is 1. The Kier molecular flexibility index (Phi) is 7.62. The van der Waals surface area contributed by atoms with E-state index in [0.717, 1.165) is 55.4 Å². The molecule has 0 aromatic heterocycles. The van der Waals surface area contributed by atoms with Gasteiger partial charge in [0.1, 0.15) is 11.5 Å². The lowest BCUT2D eigenvalue weighted by atomic mass is 9.92. The Hall–Kier alpha value is -3.10. The fourth-order valence-corrected chi connectivity index (χ4v) is 4.29. The number of hydrogen-bond donors (Lipinski definition) is 2. The van der Waals surface area contributed by atoms with Gasteiger partial charge < -0.3 is 20.1 Å². The molecule has 0 spiro atoms. The molecule has 1 heterocycles. The quantitative estimate of drug-likeness (QED) is 0.394. The summed E-state index contributed by atoms with van der Waals surface area (Å²) in [5.74, 6) is 1.05. The van der Waals surface area contributed by atoms with Crippen molar-refractivity contribution in [1.82, 2.24) is 10.2 Å². The fourth-order valence-electron chi connectivity index (χ4n) is 4.29. The average molecular weight is 487 g/mol. The van der Waals surface area contributed by atoms with E-state index in [-0.39, 0.29) is 18.6 Å². The molecule has 4 rings (SSSR count). The molecule has 1 aliphatic heterocycles. The van der Waals surface area contributed by atoms with Crippen molar-refractivity contribution in [2.45, 2.75) is 32.0 Å². The second-order valence-electron chi connectivity index (χ2n) is 9.03. The van der Waals surface area contributed by atoms with Crippen LogP contribution in [0.3, 0.4) is 0 Å². The third-order valence-electron chi connectivity index (χ3n) is 6.45. The van der Waals surface area contributed by atoms with Gasteiger partial charge in [0.05, 0.1) is 5.56 Å². The van der Waals surface area contributed by atoms with Crippen LogP contribution in [0.2, 0.25) is 0 Å². The van der Waals surface area contributed by atoms with Gasteiger partial charge in [-0.05, 0) is 80.2 Å². The number of nitrogens with zero attached hydrogens (tertiary/aromatic N) is 1. The second-order valence-corrected chi connectivity index (χ2v) is 9.03. The number of unbranched alkanes of at least 4 members (excludes halogenated alkanes) is 1. The van der Waals surface area contributed by atoms with Gasteiger partial charge in [-0.3, -0.25) is 4.79 Å². The van der Waals surface area contributed by atoms with Crippen molar-refractivity contribution in [3.8, 4) is 11.5 Å². The van der Waals surface area contributed by atoms with Crippen LogP contribution < -0.4 is 10.1 Å². The molecule has 0 bridgehead atoms. The average Bonchev–Trinajstić information content (AvgIpc) is 2.80. The molecule has 1 amide bonds. The summed E-state index contributed by atoms with van der Waals surface area (Å²) in [5.41, 5.74) is -0.195. The van der Waals surface area contributed by atoms with Gasteiger partial charge >= 0.3 is 6.18 Å². The van der Waals surface area contributed by atoms with Gasteiger partial charge in [0.25, 0.3) is 5.91 Å². The number of hydrogen-bond acceptors (Lipinski definition) is 4. The normalized spacial score (nSPS) is 15.6. The number of halogens is 3. The van der Waals surface area contributed by atoms with Crippen LogP contribution in [0, 0.1) is 5.92 Å². The topological polar surface area (TPSA) is 61.8 Å². The van der Waals surface area contributed by atoms with Crippen LogP contribution in [0.5, 0.6) is 11.5 Å². The molecule has 5 nitrogen and oxygen atoms in total. The predicted molar refractivity (Wildman–Crippen MR) is 129 cm³/mol. The van der Waals surface area contributed by atoms with Crippen LogP contribution in [0.25, 0.3) is 10.8 Å². The lowest BCUT2D eigenvalue weighted by molar-refractivity contribution is -0.137. The Balaban J connectivity index is 1.39. The minimum absolute atomic E-state index is 0.0432. The maximum Gasteiger partial charge on any atom is 0.416 e. The third-order valence-corrected chi connectivity index (χ3v) is 6.45. The number of alkyl halides is 3. The molecule has 1 unspecified atom stereocenters. The molecule has 8 heteroatoms. The highest BCUT2D eigenvalue weighted by Gasteiger charge is 2.32. The first-order valence-electron chi connectivity index (χ1n) is 11.8. The molecule has 0 aliphatic carbocycles. The summed E-state index contributed by atoms with van der Waals surface area (Å²) in [6.45, 7) is 5.09. The van der Waals surface area contributed by atoms with E-state index in [2.05, 4.69) is 10.2 Å². The van der Waals surface area contributed by atoms with E-state index in [1.807, 2.05) is 13.0 Å². The maximum atomic E-state index is 12.8. The number of nitrogens with one attached hydrogen (secondary N) is 1. The molecule has 3 aromatic rings. The standard InChI is InChI=1S/C27H29F3N2O3/c1-18(21-16-32(17-21)13-2-3-14-33)31-26(34)20-7-12-24-19(15-20)5-4-6-25(24)35-23-10-8-22(9-11-23)27(28,29)30/h4-12,15,18,21,33H,2-3,13-14,16-17H2,1H3,(H,31,34). The molecule has 186 valence electrons. The number of likely N-dealkylation sites (tertiary alicyclic amines) is 1. The third kappa shape index (κ3) is 6.13. The van der Waals surface area contributed by atoms with Gasteiger partial charge in [0, 0.05) is 42.6 Å². The molecule has 1 saturated heterocycles. The summed E-state index contributed by atoms with van der Waals surface area (Å²) in [6.07, 6.45) is -2.61. The molecule has 1 fully saturated rings. The van der Waals surface area contributed by atoms with Crippen molar-refractivity contribution >= 4 is 16.7 Å². The largest absolute Gasteiger partial charge is 0.457 e.